The van der Waals surface area contributed by atoms with Gasteiger partial charge in [-0.2, -0.15) is 0 Å². The second-order valence-corrected chi connectivity index (χ2v) is 5.79. The Balaban J connectivity index is 2.22. The normalized spacial score (nSPS) is 15.4. The lowest BCUT2D eigenvalue weighted by molar-refractivity contribution is 0.101. The van der Waals surface area contributed by atoms with Crippen LogP contribution < -0.4 is 10.5 Å². The molecule has 0 N–H and O–H groups in total. The molecular formula is C14H14BrN3O3. The van der Waals surface area contributed by atoms with Gasteiger partial charge in [-0.15, -0.1) is 0 Å². The summed E-state index contributed by atoms with van der Waals surface area (Å²) in [6, 6.07) is 3.18. The van der Waals surface area contributed by atoms with Gasteiger partial charge in [0.05, 0.1) is 18.8 Å². The summed E-state index contributed by atoms with van der Waals surface area (Å²) in [6.07, 6.45) is 1.63. The number of carbonyl (C=O) groups is 1. The topological polar surface area (TPSA) is 63.9 Å². The lowest BCUT2D eigenvalue weighted by Gasteiger charge is -2.27. The lowest BCUT2D eigenvalue weighted by Crippen LogP contribution is -2.37. The van der Waals surface area contributed by atoms with E-state index < -0.39 is 0 Å². The van der Waals surface area contributed by atoms with E-state index in [1.807, 2.05) is 4.90 Å². The number of halogens is 1. The Bertz CT molecular complexity index is 766. The van der Waals surface area contributed by atoms with Crippen LogP contribution in [0.2, 0.25) is 0 Å². The first kappa shape index (κ1) is 14.2. The van der Waals surface area contributed by atoms with Crippen molar-refractivity contribution in [2.45, 2.75) is 6.92 Å². The first-order chi connectivity index (χ1) is 10.1. The second-order valence-electron chi connectivity index (χ2n) is 4.87. The Morgan fingerprint density at radius 3 is 2.71 bits per heavy atom. The first-order valence-corrected chi connectivity index (χ1v) is 7.42. The Labute approximate surface area is 129 Å². The minimum atomic E-state index is -0.203. The van der Waals surface area contributed by atoms with Crippen molar-refractivity contribution in [3.8, 4) is 0 Å². The fourth-order valence-electron chi connectivity index (χ4n) is 2.37. The van der Waals surface area contributed by atoms with Crippen molar-refractivity contribution in [1.29, 1.82) is 0 Å². The van der Waals surface area contributed by atoms with E-state index in [1.165, 1.54) is 17.4 Å². The van der Waals surface area contributed by atoms with E-state index in [9.17, 15) is 9.59 Å². The van der Waals surface area contributed by atoms with Crippen LogP contribution in [0, 0.1) is 0 Å². The number of hydrogen-bond acceptors (Lipinski definition) is 5. The van der Waals surface area contributed by atoms with E-state index in [2.05, 4.69) is 20.9 Å². The summed E-state index contributed by atoms with van der Waals surface area (Å²) in [5, 5.41) is 0. The minimum Gasteiger partial charge on any atom is -0.378 e. The Morgan fingerprint density at radius 2 is 2.05 bits per heavy atom. The molecule has 2 aromatic heterocycles. The van der Waals surface area contributed by atoms with Crippen LogP contribution in [0.25, 0.3) is 5.65 Å². The molecule has 21 heavy (non-hydrogen) atoms. The van der Waals surface area contributed by atoms with Crippen LogP contribution >= 0.6 is 15.9 Å². The van der Waals surface area contributed by atoms with E-state index >= 15 is 0 Å². The van der Waals surface area contributed by atoms with Crippen molar-refractivity contribution in [2.24, 2.45) is 0 Å². The number of morpholine rings is 1. The molecule has 0 saturated carbocycles. The van der Waals surface area contributed by atoms with Gasteiger partial charge in [0, 0.05) is 29.8 Å². The third kappa shape index (κ3) is 2.71. The van der Waals surface area contributed by atoms with Crippen LogP contribution in [-0.4, -0.2) is 41.5 Å². The molecule has 1 aliphatic rings. The summed E-state index contributed by atoms with van der Waals surface area (Å²) in [4.78, 5) is 30.6. The largest absolute Gasteiger partial charge is 0.378 e. The van der Waals surface area contributed by atoms with E-state index in [0.29, 0.717) is 47.8 Å². The zero-order chi connectivity index (χ0) is 15.0. The predicted octanol–water partition coefficient (Wildman–Crippen LogP) is 1.50. The molecule has 1 aliphatic heterocycles. The van der Waals surface area contributed by atoms with E-state index in [1.54, 1.807) is 12.3 Å². The number of ketones is 1. The van der Waals surface area contributed by atoms with Crippen LogP contribution in [0.5, 0.6) is 0 Å². The van der Waals surface area contributed by atoms with Gasteiger partial charge in [0.2, 0.25) is 0 Å². The maximum Gasteiger partial charge on any atom is 0.260 e. The molecule has 3 heterocycles. The van der Waals surface area contributed by atoms with Crippen LogP contribution in [-0.2, 0) is 4.74 Å². The number of aromatic nitrogens is 2. The van der Waals surface area contributed by atoms with Crippen molar-refractivity contribution >= 4 is 33.2 Å². The smallest absolute Gasteiger partial charge is 0.260 e. The average molecular weight is 352 g/mol. The monoisotopic (exact) mass is 351 g/mol. The molecule has 0 amide bonds. The molecule has 3 rings (SSSR count). The first-order valence-electron chi connectivity index (χ1n) is 6.63. The number of ether oxygens (including phenoxy) is 1. The molecule has 1 saturated heterocycles. The number of pyridine rings is 1. The molecule has 6 nitrogen and oxygen atoms in total. The molecule has 0 bridgehead atoms. The molecule has 0 unspecified atom stereocenters. The highest BCUT2D eigenvalue weighted by Gasteiger charge is 2.17. The molecule has 0 radical (unpaired) electrons. The van der Waals surface area contributed by atoms with Crippen LogP contribution in [0.3, 0.4) is 0 Å². The van der Waals surface area contributed by atoms with Crippen molar-refractivity contribution in [2.75, 3.05) is 31.2 Å². The van der Waals surface area contributed by atoms with Gasteiger partial charge in [0.15, 0.2) is 11.4 Å². The molecule has 0 spiro atoms. The molecule has 0 aromatic carbocycles. The van der Waals surface area contributed by atoms with Gasteiger partial charge in [-0.1, -0.05) is 0 Å². The Morgan fingerprint density at radius 1 is 1.33 bits per heavy atom. The van der Waals surface area contributed by atoms with Gasteiger partial charge in [-0.25, -0.2) is 4.98 Å². The summed E-state index contributed by atoms with van der Waals surface area (Å²) >= 11 is 3.31. The van der Waals surface area contributed by atoms with Gasteiger partial charge in [0.1, 0.15) is 5.82 Å². The fraction of sp³-hybridized carbons (Fsp3) is 0.357. The highest BCUT2D eigenvalue weighted by atomic mass is 79.9. The third-order valence-electron chi connectivity index (χ3n) is 3.43. The van der Waals surface area contributed by atoms with Crippen molar-refractivity contribution < 1.29 is 9.53 Å². The van der Waals surface area contributed by atoms with E-state index in [4.69, 9.17) is 4.74 Å². The number of rotatable bonds is 2. The fourth-order valence-corrected chi connectivity index (χ4v) is 2.80. The average Bonchev–Trinajstić information content (AvgIpc) is 2.48. The number of Topliss-reactive ketones (excluding diaryl/α,β-unsaturated/α-hetero) is 1. The number of carbonyl (C=O) groups excluding carboxylic acids is 1. The Kier molecular flexibility index (Phi) is 3.77. The zero-order valence-corrected chi connectivity index (χ0v) is 13.1. The quantitative estimate of drug-likeness (QED) is 0.767. The molecule has 7 heteroatoms. The summed E-state index contributed by atoms with van der Waals surface area (Å²) in [6.45, 7) is 4.07. The predicted molar refractivity (Wildman–Crippen MR) is 82.2 cm³/mol. The van der Waals surface area contributed by atoms with E-state index in [-0.39, 0.29) is 11.3 Å². The maximum absolute atomic E-state index is 12.3. The summed E-state index contributed by atoms with van der Waals surface area (Å²) in [5.74, 6) is 0.466. The third-order valence-corrected chi connectivity index (χ3v) is 3.86. The number of anilines is 1. The summed E-state index contributed by atoms with van der Waals surface area (Å²) in [5.41, 5.74) is 0.613. The molecule has 1 fully saturated rings. The van der Waals surface area contributed by atoms with Gasteiger partial charge in [0.25, 0.3) is 5.56 Å². The summed E-state index contributed by atoms with van der Waals surface area (Å²) < 4.78 is 7.37. The standard InChI is InChI=1S/C14H14BrN3O3/c1-9(19)11-6-10(15)8-18-13(20)7-12(16-14(11)18)17-2-4-21-5-3-17/h6-8H,2-5H2,1H3. The van der Waals surface area contributed by atoms with Crippen molar-refractivity contribution in [1.82, 2.24) is 9.38 Å². The van der Waals surface area contributed by atoms with Crippen molar-refractivity contribution in [3.05, 3.63) is 38.7 Å². The van der Waals surface area contributed by atoms with Gasteiger partial charge < -0.3 is 9.64 Å². The number of hydrogen-bond donors (Lipinski definition) is 0. The summed E-state index contributed by atoms with van der Waals surface area (Å²) in [7, 11) is 0. The highest BCUT2D eigenvalue weighted by Crippen LogP contribution is 2.19. The second kappa shape index (κ2) is 5.57. The molecule has 0 aliphatic carbocycles. The SMILES string of the molecule is CC(=O)c1cc(Br)cn2c(=O)cc(N3CCOCC3)nc12. The van der Waals surface area contributed by atoms with Gasteiger partial charge in [-0.3, -0.25) is 14.0 Å². The highest BCUT2D eigenvalue weighted by molar-refractivity contribution is 9.10. The van der Waals surface area contributed by atoms with Crippen LogP contribution in [0.4, 0.5) is 5.82 Å². The number of fused-ring (bicyclic) bond motifs is 1. The van der Waals surface area contributed by atoms with Crippen LogP contribution in [0.15, 0.2) is 27.6 Å². The van der Waals surface area contributed by atoms with E-state index in [0.717, 1.165) is 0 Å². The lowest BCUT2D eigenvalue weighted by atomic mass is 10.2. The van der Waals surface area contributed by atoms with Gasteiger partial charge >= 0.3 is 0 Å². The molecular weight excluding hydrogens is 338 g/mol. The maximum atomic E-state index is 12.3. The van der Waals surface area contributed by atoms with Gasteiger partial charge in [-0.05, 0) is 28.9 Å². The molecule has 110 valence electrons. The Hall–Kier alpha value is -1.73. The zero-order valence-electron chi connectivity index (χ0n) is 11.5. The minimum absolute atomic E-state index is 0.125. The van der Waals surface area contributed by atoms with Crippen LogP contribution in [0.1, 0.15) is 17.3 Å². The van der Waals surface area contributed by atoms with Crippen molar-refractivity contribution in [3.63, 3.8) is 0 Å². The number of nitrogens with zero attached hydrogens (tertiary/aromatic N) is 3. The molecule has 0 atom stereocenters. The molecule has 2 aromatic rings.